The van der Waals surface area contributed by atoms with Gasteiger partial charge < -0.3 is 15.0 Å². The standard InChI is InChI=1S/C28H30N2O3/c1-20-8-7-9-21(16-20)17-27(31)30-15-14-29-28(32)23(19-30)18-22-10-3-4-11-24(22)25-12-5-6-13-26(25)33-2/h3-13,16,23H,14-15,17-19H2,1-2H3,(H,29,32). The third-order valence-electron chi connectivity index (χ3n) is 6.16. The van der Waals surface area contributed by atoms with Gasteiger partial charge in [0.1, 0.15) is 5.75 Å². The lowest BCUT2D eigenvalue weighted by Crippen LogP contribution is -2.38. The number of hydrogen-bond acceptors (Lipinski definition) is 3. The summed E-state index contributed by atoms with van der Waals surface area (Å²) in [4.78, 5) is 27.8. The van der Waals surface area contributed by atoms with Crippen LogP contribution >= 0.6 is 0 Å². The van der Waals surface area contributed by atoms with Gasteiger partial charge in [-0.15, -0.1) is 0 Å². The molecule has 1 heterocycles. The van der Waals surface area contributed by atoms with E-state index < -0.39 is 0 Å². The highest BCUT2D eigenvalue weighted by Gasteiger charge is 2.28. The van der Waals surface area contributed by atoms with E-state index in [0.29, 0.717) is 32.5 Å². The first kappa shape index (κ1) is 22.6. The van der Waals surface area contributed by atoms with Gasteiger partial charge in [0.15, 0.2) is 0 Å². The van der Waals surface area contributed by atoms with Crippen molar-refractivity contribution < 1.29 is 14.3 Å². The lowest BCUT2D eigenvalue weighted by atomic mass is 9.91. The summed E-state index contributed by atoms with van der Waals surface area (Å²) in [5.74, 6) is 0.533. The predicted molar refractivity (Wildman–Crippen MR) is 130 cm³/mol. The Morgan fingerprint density at radius 1 is 1.03 bits per heavy atom. The smallest absolute Gasteiger partial charge is 0.227 e. The number of carbonyl (C=O) groups is 2. The summed E-state index contributed by atoms with van der Waals surface area (Å²) in [5, 5.41) is 3.00. The molecule has 0 aliphatic carbocycles. The normalized spacial score (nSPS) is 16.1. The number of benzene rings is 3. The number of rotatable bonds is 6. The van der Waals surface area contributed by atoms with Gasteiger partial charge in [-0.3, -0.25) is 9.59 Å². The molecule has 5 heteroatoms. The molecule has 0 bridgehead atoms. The van der Waals surface area contributed by atoms with Crippen molar-refractivity contribution in [2.24, 2.45) is 5.92 Å². The number of nitrogens with one attached hydrogen (secondary N) is 1. The lowest BCUT2D eigenvalue weighted by Gasteiger charge is -2.24. The molecule has 33 heavy (non-hydrogen) atoms. The molecule has 3 aromatic rings. The average molecular weight is 443 g/mol. The Kier molecular flexibility index (Phi) is 7.08. The van der Waals surface area contributed by atoms with Crippen LogP contribution in [0.3, 0.4) is 0 Å². The summed E-state index contributed by atoms with van der Waals surface area (Å²) in [7, 11) is 1.66. The molecule has 5 nitrogen and oxygen atoms in total. The second-order valence-electron chi connectivity index (χ2n) is 8.56. The summed E-state index contributed by atoms with van der Waals surface area (Å²) in [6.45, 7) is 3.44. The minimum Gasteiger partial charge on any atom is -0.496 e. The number of amides is 2. The molecule has 170 valence electrons. The van der Waals surface area contributed by atoms with Crippen LogP contribution in [0.4, 0.5) is 0 Å². The third kappa shape index (κ3) is 5.43. The van der Waals surface area contributed by atoms with E-state index in [1.165, 1.54) is 0 Å². The summed E-state index contributed by atoms with van der Waals surface area (Å²) in [6.07, 6.45) is 0.897. The maximum absolute atomic E-state index is 13.1. The maximum atomic E-state index is 13.1. The van der Waals surface area contributed by atoms with E-state index >= 15 is 0 Å². The van der Waals surface area contributed by atoms with Crippen molar-refractivity contribution in [1.29, 1.82) is 0 Å². The molecule has 1 fully saturated rings. The predicted octanol–water partition coefficient (Wildman–Crippen LogP) is 4.03. The van der Waals surface area contributed by atoms with Crippen molar-refractivity contribution >= 4 is 11.8 Å². The summed E-state index contributed by atoms with van der Waals surface area (Å²) in [6, 6.07) is 24.0. The Hall–Kier alpha value is -3.60. The number of methoxy groups -OCH3 is 1. The van der Waals surface area contributed by atoms with Gasteiger partial charge in [0.05, 0.1) is 19.4 Å². The van der Waals surface area contributed by atoms with Gasteiger partial charge in [-0.1, -0.05) is 72.3 Å². The Balaban J connectivity index is 1.55. The molecule has 3 aromatic carbocycles. The van der Waals surface area contributed by atoms with Crippen molar-refractivity contribution in [1.82, 2.24) is 10.2 Å². The first-order chi connectivity index (χ1) is 16.0. The van der Waals surface area contributed by atoms with Crippen molar-refractivity contribution in [3.8, 4) is 16.9 Å². The number of para-hydroxylation sites is 1. The zero-order valence-electron chi connectivity index (χ0n) is 19.2. The maximum Gasteiger partial charge on any atom is 0.227 e. The van der Waals surface area contributed by atoms with E-state index in [2.05, 4.69) is 17.4 Å². The van der Waals surface area contributed by atoms with Gasteiger partial charge in [-0.2, -0.15) is 0 Å². The lowest BCUT2D eigenvalue weighted by molar-refractivity contribution is -0.131. The highest BCUT2D eigenvalue weighted by atomic mass is 16.5. The molecule has 0 radical (unpaired) electrons. The van der Waals surface area contributed by atoms with Crippen molar-refractivity contribution in [3.63, 3.8) is 0 Å². The Bertz CT molecular complexity index is 1140. The summed E-state index contributed by atoms with van der Waals surface area (Å²) < 4.78 is 5.57. The first-order valence-electron chi connectivity index (χ1n) is 11.4. The van der Waals surface area contributed by atoms with E-state index in [1.54, 1.807) is 7.11 Å². The minimum absolute atomic E-state index is 0.00400. The number of nitrogens with zero attached hydrogens (tertiary/aromatic N) is 1. The van der Waals surface area contributed by atoms with Crippen LogP contribution in [0.25, 0.3) is 11.1 Å². The van der Waals surface area contributed by atoms with Crippen molar-refractivity contribution in [2.45, 2.75) is 19.8 Å². The molecule has 1 unspecified atom stereocenters. The average Bonchev–Trinajstić information content (AvgIpc) is 3.01. The number of aryl methyl sites for hydroxylation is 1. The highest BCUT2D eigenvalue weighted by Crippen LogP contribution is 2.33. The first-order valence-corrected chi connectivity index (χ1v) is 11.4. The van der Waals surface area contributed by atoms with Gasteiger partial charge in [-0.05, 0) is 36.1 Å². The van der Waals surface area contributed by atoms with E-state index in [4.69, 9.17) is 4.74 Å². The fourth-order valence-electron chi connectivity index (χ4n) is 4.48. The molecule has 4 rings (SSSR count). The molecule has 1 atom stereocenters. The van der Waals surface area contributed by atoms with Crippen molar-refractivity contribution in [2.75, 3.05) is 26.7 Å². The van der Waals surface area contributed by atoms with Crippen LogP contribution in [0.1, 0.15) is 16.7 Å². The van der Waals surface area contributed by atoms with E-state index in [9.17, 15) is 9.59 Å². The van der Waals surface area contributed by atoms with Gasteiger partial charge in [-0.25, -0.2) is 0 Å². The van der Waals surface area contributed by atoms with E-state index in [-0.39, 0.29) is 17.7 Å². The molecule has 1 aliphatic rings. The fraction of sp³-hybridized carbons (Fsp3) is 0.286. The van der Waals surface area contributed by atoms with Crippen LogP contribution < -0.4 is 10.1 Å². The quantitative estimate of drug-likeness (QED) is 0.627. The van der Waals surface area contributed by atoms with E-state index in [1.807, 2.05) is 72.5 Å². The summed E-state index contributed by atoms with van der Waals surface area (Å²) >= 11 is 0. The van der Waals surface area contributed by atoms with Crippen LogP contribution in [0, 0.1) is 12.8 Å². The monoisotopic (exact) mass is 442 g/mol. The largest absolute Gasteiger partial charge is 0.496 e. The van der Waals surface area contributed by atoms with Crippen molar-refractivity contribution in [3.05, 3.63) is 89.5 Å². The Labute approximate surface area is 195 Å². The zero-order chi connectivity index (χ0) is 23.2. The van der Waals surface area contributed by atoms with Crippen LogP contribution in [0.5, 0.6) is 5.75 Å². The molecular formula is C28H30N2O3. The van der Waals surface area contributed by atoms with Gasteiger partial charge >= 0.3 is 0 Å². The van der Waals surface area contributed by atoms with Crippen LogP contribution in [-0.2, 0) is 22.4 Å². The minimum atomic E-state index is -0.315. The molecule has 1 aliphatic heterocycles. The SMILES string of the molecule is COc1ccccc1-c1ccccc1CC1CN(C(=O)Cc2cccc(C)c2)CCNC1=O. The van der Waals surface area contributed by atoms with Crippen LogP contribution in [0.2, 0.25) is 0 Å². The second-order valence-corrected chi connectivity index (χ2v) is 8.56. The molecule has 1 saturated heterocycles. The highest BCUT2D eigenvalue weighted by molar-refractivity contribution is 5.83. The van der Waals surface area contributed by atoms with Gasteiger partial charge in [0.2, 0.25) is 11.8 Å². The Morgan fingerprint density at radius 2 is 1.79 bits per heavy atom. The number of hydrogen-bond donors (Lipinski definition) is 1. The third-order valence-corrected chi connectivity index (χ3v) is 6.16. The topological polar surface area (TPSA) is 58.6 Å². The van der Waals surface area contributed by atoms with Crippen LogP contribution in [-0.4, -0.2) is 43.5 Å². The molecule has 0 aromatic heterocycles. The van der Waals surface area contributed by atoms with Gasteiger partial charge in [0, 0.05) is 25.2 Å². The molecule has 2 amide bonds. The molecular weight excluding hydrogens is 412 g/mol. The van der Waals surface area contributed by atoms with E-state index in [0.717, 1.165) is 33.6 Å². The molecule has 0 saturated carbocycles. The second kappa shape index (κ2) is 10.3. The molecule has 1 N–H and O–H groups in total. The summed E-state index contributed by atoms with van der Waals surface area (Å²) in [5.41, 5.74) is 5.25. The van der Waals surface area contributed by atoms with Crippen LogP contribution in [0.15, 0.2) is 72.8 Å². The zero-order valence-corrected chi connectivity index (χ0v) is 19.2. The number of ether oxygens (including phenoxy) is 1. The van der Waals surface area contributed by atoms with Gasteiger partial charge in [0.25, 0.3) is 0 Å². The number of carbonyl (C=O) groups excluding carboxylic acids is 2. The fourth-order valence-corrected chi connectivity index (χ4v) is 4.48. The molecule has 0 spiro atoms. The Morgan fingerprint density at radius 3 is 2.58 bits per heavy atom.